The molecule has 0 aliphatic carbocycles. The van der Waals surface area contributed by atoms with E-state index < -0.39 is 0 Å². The first-order valence-corrected chi connectivity index (χ1v) is 5.53. The predicted octanol–water partition coefficient (Wildman–Crippen LogP) is 3.62. The Kier molecular flexibility index (Phi) is 2.65. The van der Waals surface area contributed by atoms with Crippen LogP contribution in [0.4, 0.5) is 0 Å². The monoisotopic (exact) mass is 265 g/mol. The highest BCUT2D eigenvalue weighted by atomic mass is 79.9. The van der Waals surface area contributed by atoms with Crippen molar-refractivity contribution in [1.82, 2.24) is 4.98 Å². The van der Waals surface area contributed by atoms with Gasteiger partial charge < -0.3 is 4.74 Å². The van der Waals surface area contributed by atoms with Gasteiger partial charge in [0.2, 0.25) is 0 Å². The van der Waals surface area contributed by atoms with Crippen LogP contribution in [-0.4, -0.2) is 12.1 Å². The van der Waals surface area contributed by atoms with Gasteiger partial charge in [0.1, 0.15) is 11.3 Å². The van der Waals surface area contributed by atoms with Crippen molar-refractivity contribution in [3.05, 3.63) is 33.9 Å². The van der Waals surface area contributed by atoms with Crippen LogP contribution >= 0.6 is 15.9 Å². The van der Waals surface area contributed by atoms with Crippen molar-refractivity contribution in [2.45, 2.75) is 13.8 Å². The molecule has 0 aliphatic heterocycles. The van der Waals surface area contributed by atoms with E-state index in [-0.39, 0.29) is 0 Å². The number of rotatable bonds is 1. The minimum absolute atomic E-state index is 0.819. The summed E-state index contributed by atoms with van der Waals surface area (Å²) in [5, 5.41) is 1.12. The van der Waals surface area contributed by atoms with Gasteiger partial charge in [-0.15, -0.1) is 0 Å². The number of benzene rings is 1. The van der Waals surface area contributed by atoms with Crippen molar-refractivity contribution in [2.24, 2.45) is 0 Å². The number of fused-ring (bicyclic) bond motifs is 1. The Balaban J connectivity index is 2.93. The number of nitrogens with zero attached hydrogens (tertiary/aromatic N) is 1. The summed E-state index contributed by atoms with van der Waals surface area (Å²) in [6.45, 7) is 4.08. The van der Waals surface area contributed by atoms with Crippen LogP contribution in [-0.2, 0) is 0 Å². The molecule has 0 unspecified atom stereocenters. The van der Waals surface area contributed by atoms with E-state index in [2.05, 4.69) is 33.9 Å². The molecule has 0 bridgehead atoms. The van der Waals surface area contributed by atoms with Gasteiger partial charge in [-0.2, -0.15) is 0 Å². The van der Waals surface area contributed by atoms with Gasteiger partial charge in [-0.05, 0) is 37.6 Å². The number of hydrogen-bond acceptors (Lipinski definition) is 2. The fourth-order valence-electron chi connectivity index (χ4n) is 1.79. The van der Waals surface area contributed by atoms with Gasteiger partial charge in [0, 0.05) is 15.6 Å². The molecule has 0 atom stereocenters. The zero-order valence-electron chi connectivity index (χ0n) is 8.97. The predicted molar refractivity (Wildman–Crippen MR) is 65.5 cm³/mol. The molecular formula is C12H12BrNO. The summed E-state index contributed by atoms with van der Waals surface area (Å²) in [5.41, 5.74) is 3.14. The largest absolute Gasteiger partial charge is 0.494 e. The lowest BCUT2D eigenvalue weighted by Crippen LogP contribution is -1.92. The van der Waals surface area contributed by atoms with Crippen LogP contribution in [0.5, 0.6) is 5.75 Å². The van der Waals surface area contributed by atoms with Crippen LogP contribution in [0.25, 0.3) is 10.9 Å². The van der Waals surface area contributed by atoms with Crippen molar-refractivity contribution in [3.63, 3.8) is 0 Å². The third-order valence-corrected chi connectivity index (χ3v) is 3.08. The number of ether oxygens (including phenoxy) is 1. The van der Waals surface area contributed by atoms with Gasteiger partial charge in [-0.25, -0.2) is 4.98 Å². The lowest BCUT2D eigenvalue weighted by atomic mass is 10.1. The SMILES string of the molecule is COc1ccc(Br)c2c(C)cc(C)nc12. The van der Waals surface area contributed by atoms with Gasteiger partial charge in [0.05, 0.1) is 7.11 Å². The highest BCUT2D eigenvalue weighted by molar-refractivity contribution is 9.10. The maximum atomic E-state index is 5.31. The second-order valence-electron chi connectivity index (χ2n) is 3.55. The first-order chi connectivity index (χ1) is 7.13. The van der Waals surface area contributed by atoms with Gasteiger partial charge in [-0.1, -0.05) is 15.9 Å². The molecule has 0 spiro atoms. The van der Waals surface area contributed by atoms with Crippen molar-refractivity contribution < 1.29 is 4.74 Å². The molecule has 2 rings (SSSR count). The Morgan fingerprint density at radius 1 is 1.27 bits per heavy atom. The Bertz CT molecular complexity index is 523. The highest BCUT2D eigenvalue weighted by Crippen LogP contribution is 2.32. The first-order valence-electron chi connectivity index (χ1n) is 4.74. The second-order valence-corrected chi connectivity index (χ2v) is 4.41. The van der Waals surface area contributed by atoms with E-state index in [0.717, 1.165) is 26.8 Å². The summed E-state index contributed by atoms with van der Waals surface area (Å²) in [5.74, 6) is 0.819. The van der Waals surface area contributed by atoms with Crippen LogP contribution in [0.15, 0.2) is 22.7 Å². The van der Waals surface area contributed by atoms with Gasteiger partial charge in [-0.3, -0.25) is 0 Å². The highest BCUT2D eigenvalue weighted by Gasteiger charge is 2.09. The van der Waals surface area contributed by atoms with Gasteiger partial charge >= 0.3 is 0 Å². The number of pyridine rings is 1. The number of aryl methyl sites for hydroxylation is 2. The molecule has 1 aromatic heterocycles. The van der Waals surface area contributed by atoms with E-state index in [1.54, 1.807) is 7.11 Å². The van der Waals surface area contributed by atoms with E-state index in [1.807, 2.05) is 19.1 Å². The van der Waals surface area contributed by atoms with Crippen molar-refractivity contribution in [1.29, 1.82) is 0 Å². The summed E-state index contributed by atoms with van der Waals surface area (Å²) in [4.78, 5) is 4.51. The number of hydrogen-bond donors (Lipinski definition) is 0. The molecule has 0 saturated heterocycles. The smallest absolute Gasteiger partial charge is 0.145 e. The standard InChI is InChI=1S/C12H12BrNO/c1-7-6-8(2)14-12-10(15-3)5-4-9(13)11(7)12/h4-6H,1-3H3. The van der Waals surface area contributed by atoms with Crippen LogP contribution in [0.3, 0.4) is 0 Å². The minimum atomic E-state index is 0.819. The first kappa shape index (κ1) is 10.4. The maximum Gasteiger partial charge on any atom is 0.145 e. The Morgan fingerprint density at radius 2 is 2.00 bits per heavy atom. The third-order valence-electron chi connectivity index (χ3n) is 2.42. The van der Waals surface area contributed by atoms with Crippen molar-refractivity contribution in [2.75, 3.05) is 7.11 Å². The quantitative estimate of drug-likeness (QED) is 0.786. The molecule has 1 heterocycles. The van der Waals surface area contributed by atoms with Crippen LogP contribution < -0.4 is 4.74 Å². The van der Waals surface area contributed by atoms with Gasteiger partial charge in [0.25, 0.3) is 0 Å². The zero-order valence-corrected chi connectivity index (χ0v) is 10.6. The number of aromatic nitrogens is 1. The van der Waals surface area contributed by atoms with E-state index in [9.17, 15) is 0 Å². The van der Waals surface area contributed by atoms with Crippen molar-refractivity contribution in [3.8, 4) is 5.75 Å². The van der Waals surface area contributed by atoms with E-state index in [4.69, 9.17) is 4.74 Å². The molecule has 0 saturated carbocycles. The molecule has 1 aromatic carbocycles. The van der Waals surface area contributed by atoms with E-state index in [0.29, 0.717) is 0 Å². The zero-order chi connectivity index (χ0) is 11.0. The maximum absolute atomic E-state index is 5.31. The average molecular weight is 266 g/mol. The summed E-state index contributed by atoms with van der Waals surface area (Å²) >= 11 is 3.54. The Morgan fingerprint density at radius 3 is 2.67 bits per heavy atom. The molecular weight excluding hydrogens is 254 g/mol. The molecule has 0 N–H and O–H groups in total. The Hall–Kier alpha value is -1.09. The normalized spacial score (nSPS) is 10.7. The third kappa shape index (κ3) is 1.72. The fourth-order valence-corrected chi connectivity index (χ4v) is 2.43. The number of methoxy groups -OCH3 is 1. The van der Waals surface area contributed by atoms with Crippen molar-refractivity contribution >= 4 is 26.8 Å². The Labute approximate surface area is 97.4 Å². The molecule has 3 heteroatoms. The second kappa shape index (κ2) is 3.81. The molecule has 0 radical (unpaired) electrons. The molecule has 0 fully saturated rings. The lowest BCUT2D eigenvalue weighted by Gasteiger charge is -2.09. The summed E-state index contributed by atoms with van der Waals surface area (Å²) < 4.78 is 6.37. The lowest BCUT2D eigenvalue weighted by molar-refractivity contribution is 0.418. The van der Waals surface area contributed by atoms with E-state index in [1.165, 1.54) is 5.56 Å². The fraction of sp³-hybridized carbons (Fsp3) is 0.250. The van der Waals surface area contributed by atoms with Gasteiger partial charge in [0.15, 0.2) is 0 Å². The molecule has 2 aromatic rings. The van der Waals surface area contributed by atoms with Crippen LogP contribution in [0.2, 0.25) is 0 Å². The van der Waals surface area contributed by atoms with Crippen LogP contribution in [0.1, 0.15) is 11.3 Å². The summed E-state index contributed by atoms with van der Waals surface area (Å²) in [6.07, 6.45) is 0. The molecule has 0 aliphatic rings. The average Bonchev–Trinajstić information content (AvgIpc) is 2.17. The van der Waals surface area contributed by atoms with Crippen LogP contribution in [0, 0.1) is 13.8 Å². The summed E-state index contributed by atoms with van der Waals surface area (Å²) in [6, 6.07) is 6.00. The number of halogens is 1. The summed E-state index contributed by atoms with van der Waals surface area (Å²) in [7, 11) is 1.67. The van der Waals surface area contributed by atoms with E-state index >= 15 is 0 Å². The minimum Gasteiger partial charge on any atom is -0.494 e. The molecule has 15 heavy (non-hydrogen) atoms. The molecule has 78 valence electrons. The topological polar surface area (TPSA) is 22.1 Å². The molecule has 0 amide bonds. The molecule has 2 nitrogen and oxygen atoms in total.